The standard InChI is InChI=1S/C15H21BrFN3O/c1-18(2)3-4-19-5-7-20(8-6-19)15(21)12-9-13(16)11-14(17)10-12/h9-11H,3-8H2,1-2H3. The Bertz CT molecular complexity index is 481. The third-order valence-electron chi connectivity index (χ3n) is 3.63. The van der Waals surface area contributed by atoms with E-state index in [4.69, 9.17) is 0 Å². The molecule has 0 atom stereocenters. The number of benzene rings is 1. The number of amides is 1. The molecule has 2 rings (SSSR count). The number of piperazine rings is 1. The van der Waals surface area contributed by atoms with Crippen molar-refractivity contribution < 1.29 is 9.18 Å². The average Bonchev–Trinajstić information content (AvgIpc) is 2.44. The molecular weight excluding hydrogens is 337 g/mol. The molecule has 0 bridgehead atoms. The monoisotopic (exact) mass is 357 g/mol. The zero-order chi connectivity index (χ0) is 15.4. The molecule has 0 unspecified atom stereocenters. The van der Waals surface area contributed by atoms with Gasteiger partial charge in [0.1, 0.15) is 5.82 Å². The van der Waals surface area contributed by atoms with Gasteiger partial charge in [-0.2, -0.15) is 0 Å². The van der Waals surface area contributed by atoms with Crippen LogP contribution >= 0.6 is 15.9 Å². The van der Waals surface area contributed by atoms with Crippen molar-refractivity contribution >= 4 is 21.8 Å². The summed E-state index contributed by atoms with van der Waals surface area (Å²) in [6.45, 7) is 5.16. The fourth-order valence-electron chi connectivity index (χ4n) is 2.38. The minimum Gasteiger partial charge on any atom is -0.336 e. The molecule has 1 aliphatic heterocycles. The van der Waals surface area contributed by atoms with E-state index in [0.29, 0.717) is 23.1 Å². The van der Waals surface area contributed by atoms with Gasteiger partial charge in [0, 0.05) is 49.3 Å². The molecule has 0 aromatic heterocycles. The van der Waals surface area contributed by atoms with Crippen molar-refractivity contribution in [2.24, 2.45) is 0 Å². The summed E-state index contributed by atoms with van der Waals surface area (Å²) >= 11 is 3.23. The molecular formula is C15H21BrFN3O. The van der Waals surface area contributed by atoms with Crippen LogP contribution in [-0.4, -0.2) is 74.0 Å². The maximum Gasteiger partial charge on any atom is 0.254 e. The van der Waals surface area contributed by atoms with Crippen LogP contribution in [0.3, 0.4) is 0 Å². The van der Waals surface area contributed by atoms with E-state index in [1.807, 2.05) is 0 Å². The van der Waals surface area contributed by atoms with Crippen molar-refractivity contribution in [2.45, 2.75) is 0 Å². The quantitative estimate of drug-likeness (QED) is 0.823. The van der Waals surface area contributed by atoms with Crippen LogP contribution < -0.4 is 0 Å². The maximum atomic E-state index is 13.4. The van der Waals surface area contributed by atoms with Gasteiger partial charge in [-0.15, -0.1) is 0 Å². The molecule has 6 heteroatoms. The smallest absolute Gasteiger partial charge is 0.254 e. The molecule has 1 saturated heterocycles. The zero-order valence-electron chi connectivity index (χ0n) is 12.5. The van der Waals surface area contributed by atoms with E-state index in [1.165, 1.54) is 12.1 Å². The first-order chi connectivity index (χ1) is 9.95. The number of rotatable bonds is 4. The highest BCUT2D eigenvalue weighted by atomic mass is 79.9. The number of nitrogens with zero attached hydrogens (tertiary/aromatic N) is 3. The Morgan fingerprint density at radius 2 is 1.90 bits per heavy atom. The van der Waals surface area contributed by atoms with Crippen LogP contribution in [0.4, 0.5) is 4.39 Å². The minimum absolute atomic E-state index is 0.0949. The normalized spacial score (nSPS) is 16.5. The second kappa shape index (κ2) is 7.33. The van der Waals surface area contributed by atoms with Gasteiger partial charge in [0.2, 0.25) is 0 Å². The maximum absolute atomic E-state index is 13.4. The predicted octanol–water partition coefficient (Wildman–Crippen LogP) is 1.91. The van der Waals surface area contributed by atoms with E-state index >= 15 is 0 Å². The Labute approximate surface area is 133 Å². The first kappa shape index (κ1) is 16.4. The third-order valence-corrected chi connectivity index (χ3v) is 4.09. The Balaban J connectivity index is 1.91. The van der Waals surface area contributed by atoms with Gasteiger partial charge in [-0.1, -0.05) is 15.9 Å². The van der Waals surface area contributed by atoms with E-state index in [1.54, 1.807) is 11.0 Å². The number of carbonyl (C=O) groups excluding carboxylic acids is 1. The highest BCUT2D eigenvalue weighted by Gasteiger charge is 2.22. The van der Waals surface area contributed by atoms with Crippen LogP contribution in [0.15, 0.2) is 22.7 Å². The topological polar surface area (TPSA) is 26.8 Å². The van der Waals surface area contributed by atoms with Gasteiger partial charge in [0.05, 0.1) is 0 Å². The molecule has 116 valence electrons. The molecule has 0 N–H and O–H groups in total. The summed E-state index contributed by atoms with van der Waals surface area (Å²) < 4.78 is 14.0. The number of hydrogen-bond donors (Lipinski definition) is 0. The molecule has 0 aliphatic carbocycles. The van der Waals surface area contributed by atoms with E-state index in [-0.39, 0.29) is 5.91 Å². The molecule has 1 heterocycles. The SMILES string of the molecule is CN(C)CCN1CCN(C(=O)c2cc(F)cc(Br)c2)CC1. The number of carbonyl (C=O) groups is 1. The molecule has 4 nitrogen and oxygen atoms in total. The average molecular weight is 358 g/mol. The summed E-state index contributed by atoms with van der Waals surface area (Å²) in [5, 5.41) is 0. The molecule has 1 aromatic rings. The summed E-state index contributed by atoms with van der Waals surface area (Å²) in [6, 6.07) is 4.32. The van der Waals surface area contributed by atoms with Crippen molar-refractivity contribution in [3.8, 4) is 0 Å². The summed E-state index contributed by atoms with van der Waals surface area (Å²) in [6.07, 6.45) is 0. The van der Waals surface area contributed by atoms with Crippen LogP contribution in [-0.2, 0) is 0 Å². The Morgan fingerprint density at radius 3 is 2.48 bits per heavy atom. The van der Waals surface area contributed by atoms with Gasteiger partial charge in [0.15, 0.2) is 0 Å². The Morgan fingerprint density at radius 1 is 1.24 bits per heavy atom. The summed E-state index contributed by atoms with van der Waals surface area (Å²) in [4.78, 5) is 18.7. The molecule has 1 aromatic carbocycles. The molecule has 1 amide bonds. The molecule has 0 spiro atoms. The number of hydrogen-bond acceptors (Lipinski definition) is 3. The van der Waals surface area contributed by atoms with E-state index in [0.717, 1.165) is 26.2 Å². The van der Waals surface area contributed by atoms with Crippen molar-refractivity contribution in [3.05, 3.63) is 34.1 Å². The Hall–Kier alpha value is -0.980. The van der Waals surface area contributed by atoms with Crippen molar-refractivity contribution in [2.75, 3.05) is 53.4 Å². The summed E-state index contributed by atoms with van der Waals surface area (Å²) in [5.74, 6) is -0.486. The van der Waals surface area contributed by atoms with Crippen molar-refractivity contribution in [1.29, 1.82) is 0 Å². The summed E-state index contributed by atoms with van der Waals surface area (Å²) in [5.41, 5.74) is 0.406. The van der Waals surface area contributed by atoms with Crippen molar-refractivity contribution in [3.63, 3.8) is 0 Å². The van der Waals surface area contributed by atoms with Crippen molar-refractivity contribution in [1.82, 2.24) is 14.7 Å². The van der Waals surface area contributed by atoms with Crippen LogP contribution in [0, 0.1) is 5.82 Å². The van der Waals surface area contributed by atoms with Crippen LogP contribution in [0.5, 0.6) is 0 Å². The van der Waals surface area contributed by atoms with Gasteiger partial charge >= 0.3 is 0 Å². The van der Waals surface area contributed by atoms with Gasteiger partial charge in [-0.25, -0.2) is 4.39 Å². The van der Waals surface area contributed by atoms with Gasteiger partial charge in [0.25, 0.3) is 5.91 Å². The predicted molar refractivity (Wildman–Crippen MR) is 85.0 cm³/mol. The lowest BCUT2D eigenvalue weighted by Crippen LogP contribution is -2.50. The lowest BCUT2D eigenvalue weighted by atomic mass is 10.1. The molecule has 1 fully saturated rings. The largest absolute Gasteiger partial charge is 0.336 e. The summed E-state index contributed by atoms with van der Waals surface area (Å²) in [7, 11) is 4.11. The zero-order valence-corrected chi connectivity index (χ0v) is 14.1. The van der Waals surface area contributed by atoms with E-state index in [2.05, 4.69) is 39.8 Å². The van der Waals surface area contributed by atoms with Gasteiger partial charge < -0.3 is 9.80 Å². The highest BCUT2D eigenvalue weighted by Crippen LogP contribution is 2.17. The molecule has 0 radical (unpaired) electrons. The van der Waals surface area contributed by atoms with Crippen LogP contribution in [0.2, 0.25) is 0 Å². The fraction of sp³-hybridized carbons (Fsp3) is 0.533. The first-order valence-electron chi connectivity index (χ1n) is 7.08. The first-order valence-corrected chi connectivity index (χ1v) is 7.87. The van der Waals surface area contributed by atoms with Gasteiger partial charge in [-0.3, -0.25) is 9.69 Å². The molecule has 21 heavy (non-hydrogen) atoms. The number of likely N-dealkylation sites (N-methyl/N-ethyl adjacent to an activating group) is 1. The fourth-order valence-corrected chi connectivity index (χ4v) is 2.84. The second-order valence-corrected chi connectivity index (χ2v) is 6.51. The number of halogens is 2. The lowest BCUT2D eigenvalue weighted by Gasteiger charge is -2.35. The third kappa shape index (κ3) is 4.76. The van der Waals surface area contributed by atoms with Crippen LogP contribution in [0.1, 0.15) is 10.4 Å². The second-order valence-electron chi connectivity index (χ2n) is 5.60. The van der Waals surface area contributed by atoms with E-state index in [9.17, 15) is 9.18 Å². The molecule has 0 saturated carbocycles. The van der Waals surface area contributed by atoms with E-state index < -0.39 is 5.82 Å². The minimum atomic E-state index is -0.391. The molecule has 1 aliphatic rings. The highest BCUT2D eigenvalue weighted by molar-refractivity contribution is 9.10. The lowest BCUT2D eigenvalue weighted by molar-refractivity contribution is 0.0629. The van der Waals surface area contributed by atoms with Crippen LogP contribution in [0.25, 0.3) is 0 Å². The van der Waals surface area contributed by atoms with Gasteiger partial charge in [-0.05, 0) is 32.3 Å². The Kier molecular flexibility index (Phi) is 5.72.